The summed E-state index contributed by atoms with van der Waals surface area (Å²) in [6.45, 7) is 1.80. The van der Waals surface area contributed by atoms with Gasteiger partial charge in [-0.15, -0.1) is 0 Å². The van der Waals surface area contributed by atoms with Gasteiger partial charge in [-0.2, -0.15) is 0 Å². The van der Waals surface area contributed by atoms with Crippen molar-refractivity contribution < 1.29 is 14.7 Å². The number of hydrogen-bond acceptors (Lipinski definition) is 3. The Morgan fingerprint density at radius 1 is 1.20 bits per heavy atom. The molecule has 1 aromatic carbocycles. The maximum Gasteiger partial charge on any atom is 0.303 e. The number of rotatable bonds is 8. The molecule has 5 heteroatoms. The van der Waals surface area contributed by atoms with Crippen LogP contribution < -0.4 is 11.1 Å². The summed E-state index contributed by atoms with van der Waals surface area (Å²) in [4.78, 5) is 22.2. The maximum absolute atomic E-state index is 11.7. The molecule has 5 nitrogen and oxygen atoms in total. The van der Waals surface area contributed by atoms with Crippen LogP contribution in [0.2, 0.25) is 0 Å². The van der Waals surface area contributed by atoms with Gasteiger partial charge in [0.15, 0.2) is 0 Å². The van der Waals surface area contributed by atoms with Crippen LogP contribution in [0.3, 0.4) is 0 Å². The molecule has 0 aromatic heterocycles. The summed E-state index contributed by atoms with van der Waals surface area (Å²) < 4.78 is 0. The van der Waals surface area contributed by atoms with Crippen molar-refractivity contribution in [3.8, 4) is 0 Å². The molecule has 0 heterocycles. The van der Waals surface area contributed by atoms with Crippen molar-refractivity contribution in [1.82, 2.24) is 5.32 Å². The van der Waals surface area contributed by atoms with Gasteiger partial charge in [-0.25, -0.2) is 0 Å². The molecule has 1 rings (SSSR count). The topological polar surface area (TPSA) is 92.4 Å². The summed E-state index contributed by atoms with van der Waals surface area (Å²) in [6.07, 6.45) is 1.41. The van der Waals surface area contributed by atoms with E-state index >= 15 is 0 Å². The SMILES string of the molecule is CC(CCC(=O)O)NC(=O)CCC(N)c1ccccc1. The Kier molecular flexibility index (Phi) is 6.73. The molecule has 0 saturated carbocycles. The van der Waals surface area contributed by atoms with Crippen LogP contribution in [0.4, 0.5) is 0 Å². The van der Waals surface area contributed by atoms with E-state index in [9.17, 15) is 9.59 Å². The zero-order valence-electron chi connectivity index (χ0n) is 11.7. The van der Waals surface area contributed by atoms with Gasteiger partial charge in [0.05, 0.1) is 0 Å². The van der Waals surface area contributed by atoms with Crippen LogP contribution in [0.5, 0.6) is 0 Å². The van der Waals surface area contributed by atoms with E-state index in [4.69, 9.17) is 10.8 Å². The molecule has 0 aliphatic heterocycles. The van der Waals surface area contributed by atoms with Crippen LogP contribution in [0.15, 0.2) is 30.3 Å². The van der Waals surface area contributed by atoms with E-state index in [1.165, 1.54) is 0 Å². The number of carboxylic acid groups (broad SMARTS) is 1. The number of carbonyl (C=O) groups is 2. The van der Waals surface area contributed by atoms with Gasteiger partial charge in [0, 0.05) is 24.9 Å². The van der Waals surface area contributed by atoms with Crippen molar-refractivity contribution in [3.05, 3.63) is 35.9 Å². The minimum absolute atomic E-state index is 0.0605. The number of amides is 1. The van der Waals surface area contributed by atoms with E-state index < -0.39 is 5.97 Å². The fraction of sp³-hybridized carbons (Fsp3) is 0.467. The predicted octanol–water partition coefficient (Wildman–Crippen LogP) is 1.84. The summed E-state index contributed by atoms with van der Waals surface area (Å²) in [5, 5.41) is 11.4. The Morgan fingerprint density at radius 2 is 1.85 bits per heavy atom. The largest absolute Gasteiger partial charge is 0.481 e. The fourth-order valence-corrected chi connectivity index (χ4v) is 1.91. The molecule has 0 fully saturated rings. The van der Waals surface area contributed by atoms with E-state index in [1.807, 2.05) is 30.3 Å². The molecule has 2 unspecified atom stereocenters. The van der Waals surface area contributed by atoms with Crippen LogP contribution in [0, 0.1) is 0 Å². The number of carboxylic acids is 1. The van der Waals surface area contributed by atoms with E-state index in [2.05, 4.69) is 5.32 Å². The summed E-state index contributed by atoms with van der Waals surface area (Å²) >= 11 is 0. The average molecular weight is 278 g/mol. The first-order valence-corrected chi connectivity index (χ1v) is 6.80. The highest BCUT2D eigenvalue weighted by Gasteiger charge is 2.12. The van der Waals surface area contributed by atoms with Gasteiger partial charge in [0.2, 0.25) is 5.91 Å². The van der Waals surface area contributed by atoms with Gasteiger partial charge < -0.3 is 16.2 Å². The Morgan fingerprint density at radius 3 is 2.45 bits per heavy atom. The summed E-state index contributed by atoms with van der Waals surface area (Å²) in [7, 11) is 0. The Hall–Kier alpha value is -1.88. The first-order valence-electron chi connectivity index (χ1n) is 6.80. The van der Waals surface area contributed by atoms with Crippen molar-refractivity contribution in [1.29, 1.82) is 0 Å². The summed E-state index contributed by atoms with van der Waals surface area (Å²) in [6, 6.07) is 9.36. The molecule has 0 bridgehead atoms. The molecule has 0 spiro atoms. The second-order valence-corrected chi connectivity index (χ2v) is 4.96. The van der Waals surface area contributed by atoms with Gasteiger partial charge >= 0.3 is 5.97 Å². The third-order valence-electron chi connectivity index (χ3n) is 3.11. The highest BCUT2D eigenvalue weighted by Crippen LogP contribution is 2.15. The Balaban J connectivity index is 2.27. The van der Waals surface area contributed by atoms with Crippen LogP contribution in [-0.2, 0) is 9.59 Å². The summed E-state index contributed by atoms with van der Waals surface area (Å²) in [5.74, 6) is -0.938. The number of carbonyl (C=O) groups excluding carboxylic acids is 1. The molecule has 2 atom stereocenters. The van der Waals surface area contributed by atoms with Crippen LogP contribution in [0.1, 0.15) is 44.2 Å². The van der Waals surface area contributed by atoms with Crippen LogP contribution in [-0.4, -0.2) is 23.0 Å². The number of nitrogens with two attached hydrogens (primary N) is 1. The molecule has 20 heavy (non-hydrogen) atoms. The average Bonchev–Trinajstić information content (AvgIpc) is 2.43. The minimum atomic E-state index is -0.850. The highest BCUT2D eigenvalue weighted by molar-refractivity contribution is 5.76. The predicted molar refractivity (Wildman–Crippen MR) is 77.1 cm³/mol. The zero-order valence-corrected chi connectivity index (χ0v) is 11.7. The van der Waals surface area contributed by atoms with E-state index in [0.717, 1.165) is 5.56 Å². The molecule has 1 aromatic rings. The van der Waals surface area contributed by atoms with Gasteiger partial charge in [-0.05, 0) is 25.3 Å². The fourth-order valence-electron chi connectivity index (χ4n) is 1.91. The third kappa shape index (κ3) is 6.33. The molecule has 110 valence electrons. The van der Waals surface area contributed by atoms with Gasteiger partial charge in [-0.3, -0.25) is 9.59 Å². The first kappa shape index (κ1) is 16.2. The van der Waals surface area contributed by atoms with Gasteiger partial charge in [-0.1, -0.05) is 30.3 Å². The first-order chi connectivity index (χ1) is 9.49. The standard InChI is InChI=1S/C15H22N2O3/c1-11(7-10-15(19)20)17-14(18)9-8-13(16)12-5-3-2-4-6-12/h2-6,11,13H,7-10,16H2,1H3,(H,17,18)(H,19,20). The number of nitrogens with one attached hydrogen (secondary N) is 1. The lowest BCUT2D eigenvalue weighted by atomic mass is 10.0. The maximum atomic E-state index is 11.7. The lowest BCUT2D eigenvalue weighted by Crippen LogP contribution is -2.33. The second kappa shape index (κ2) is 8.32. The zero-order chi connectivity index (χ0) is 15.0. The van der Waals surface area contributed by atoms with Crippen molar-refractivity contribution in [2.75, 3.05) is 0 Å². The molecule has 0 saturated heterocycles. The van der Waals surface area contributed by atoms with Crippen LogP contribution in [0.25, 0.3) is 0 Å². The molecular weight excluding hydrogens is 256 g/mol. The number of aliphatic carboxylic acids is 1. The lowest BCUT2D eigenvalue weighted by molar-refractivity contribution is -0.137. The van der Waals surface area contributed by atoms with Crippen molar-refractivity contribution in [2.45, 2.75) is 44.7 Å². The highest BCUT2D eigenvalue weighted by atomic mass is 16.4. The van der Waals surface area contributed by atoms with Crippen molar-refractivity contribution in [3.63, 3.8) is 0 Å². The molecule has 0 radical (unpaired) electrons. The molecular formula is C15H22N2O3. The quantitative estimate of drug-likeness (QED) is 0.676. The second-order valence-electron chi connectivity index (χ2n) is 4.96. The van der Waals surface area contributed by atoms with E-state index in [1.54, 1.807) is 6.92 Å². The minimum Gasteiger partial charge on any atom is -0.481 e. The van der Waals surface area contributed by atoms with E-state index in [0.29, 0.717) is 19.3 Å². The van der Waals surface area contributed by atoms with Crippen molar-refractivity contribution >= 4 is 11.9 Å². The van der Waals surface area contributed by atoms with Crippen LogP contribution >= 0.6 is 0 Å². The Bertz CT molecular complexity index is 434. The smallest absolute Gasteiger partial charge is 0.303 e. The molecule has 1 amide bonds. The summed E-state index contributed by atoms with van der Waals surface area (Å²) in [5.41, 5.74) is 7.03. The Labute approximate surface area is 119 Å². The van der Waals surface area contributed by atoms with Crippen molar-refractivity contribution in [2.24, 2.45) is 5.73 Å². The molecule has 4 N–H and O–H groups in total. The lowest BCUT2D eigenvalue weighted by Gasteiger charge is -2.15. The van der Waals surface area contributed by atoms with Gasteiger partial charge in [0.25, 0.3) is 0 Å². The number of hydrogen-bond donors (Lipinski definition) is 3. The molecule has 0 aliphatic rings. The molecule has 0 aliphatic carbocycles. The number of benzene rings is 1. The van der Waals surface area contributed by atoms with Gasteiger partial charge in [0.1, 0.15) is 0 Å². The van der Waals surface area contributed by atoms with E-state index in [-0.39, 0.29) is 24.4 Å². The normalized spacial score (nSPS) is 13.5. The third-order valence-corrected chi connectivity index (χ3v) is 3.11. The monoisotopic (exact) mass is 278 g/mol.